The van der Waals surface area contributed by atoms with Gasteiger partial charge in [-0.3, -0.25) is 4.79 Å². The van der Waals surface area contributed by atoms with Crippen LogP contribution in [0.15, 0.2) is 24.3 Å². The van der Waals surface area contributed by atoms with E-state index in [0.717, 1.165) is 77.0 Å². The predicted molar refractivity (Wildman–Crippen MR) is 176 cm³/mol. The molecule has 0 spiro atoms. The molecule has 11 nitrogen and oxygen atoms in total. The van der Waals surface area contributed by atoms with E-state index in [9.17, 15) is 24.0 Å². The smallest absolute Gasteiger partial charge is 0.408 e. The zero-order valence-corrected chi connectivity index (χ0v) is 29.0. The molecule has 0 aliphatic carbocycles. The minimum Gasteiger partial charge on any atom is -0.466 e. The van der Waals surface area contributed by atoms with Crippen molar-refractivity contribution in [2.45, 2.75) is 143 Å². The Hall–Kier alpha value is -3.37. The van der Waals surface area contributed by atoms with Crippen LogP contribution in [0.5, 0.6) is 0 Å². The lowest BCUT2D eigenvalue weighted by Gasteiger charge is -2.22. The van der Waals surface area contributed by atoms with Crippen LogP contribution < -0.4 is 5.32 Å². The predicted octanol–water partition coefficient (Wildman–Crippen LogP) is 7.06. The topological polar surface area (TPSA) is 144 Å². The number of esters is 4. The molecule has 0 radical (unpaired) electrons. The first kappa shape index (κ1) is 42.6. The Balaban J connectivity index is 4.26. The molecule has 0 bridgehead atoms. The van der Waals surface area contributed by atoms with Gasteiger partial charge >= 0.3 is 30.0 Å². The monoisotopic (exact) mass is 653 g/mol. The lowest BCUT2D eigenvalue weighted by Crippen LogP contribution is -2.45. The molecule has 0 aromatic carbocycles. The number of rotatable bonds is 26. The van der Waals surface area contributed by atoms with Gasteiger partial charge in [-0.2, -0.15) is 0 Å². The summed E-state index contributed by atoms with van der Waals surface area (Å²) >= 11 is 0. The van der Waals surface area contributed by atoms with E-state index in [2.05, 4.69) is 18.5 Å². The van der Waals surface area contributed by atoms with Gasteiger partial charge in [0.1, 0.15) is 11.6 Å². The fourth-order valence-electron chi connectivity index (χ4n) is 4.08. The highest BCUT2D eigenvalue weighted by Crippen LogP contribution is 2.11. The summed E-state index contributed by atoms with van der Waals surface area (Å²) in [6, 6.07) is -1.21. The zero-order chi connectivity index (χ0) is 34.8. The lowest BCUT2D eigenvalue weighted by atomic mass is 10.1. The van der Waals surface area contributed by atoms with Crippen molar-refractivity contribution in [2.24, 2.45) is 0 Å². The average molecular weight is 654 g/mol. The van der Waals surface area contributed by atoms with Crippen LogP contribution >= 0.6 is 0 Å². The van der Waals surface area contributed by atoms with E-state index >= 15 is 0 Å². The molecule has 0 aromatic heterocycles. The fraction of sp³-hybridized carbons (Fsp3) is 0.743. The number of nitrogens with one attached hydrogen (secondary N) is 1. The Morgan fingerprint density at radius 1 is 0.565 bits per heavy atom. The van der Waals surface area contributed by atoms with E-state index in [1.54, 1.807) is 34.6 Å². The summed E-state index contributed by atoms with van der Waals surface area (Å²) in [5, 5.41) is 2.45. The number of ether oxygens (including phenoxy) is 5. The maximum absolute atomic E-state index is 12.7. The molecular weight excluding hydrogens is 594 g/mol. The van der Waals surface area contributed by atoms with Gasteiger partial charge in [0.15, 0.2) is 0 Å². The Morgan fingerprint density at radius 2 is 0.913 bits per heavy atom. The Morgan fingerprint density at radius 3 is 1.28 bits per heavy atom. The minimum absolute atomic E-state index is 0.177. The fourth-order valence-corrected chi connectivity index (χ4v) is 4.08. The van der Waals surface area contributed by atoms with Crippen molar-refractivity contribution in [3.63, 3.8) is 0 Å². The maximum Gasteiger partial charge on any atom is 0.408 e. The first-order chi connectivity index (χ1) is 21.7. The molecule has 0 fully saturated rings. The molecule has 0 rings (SSSR count). The first-order valence-electron chi connectivity index (χ1n) is 16.7. The van der Waals surface area contributed by atoms with Crippen molar-refractivity contribution in [2.75, 3.05) is 26.4 Å². The summed E-state index contributed by atoms with van der Waals surface area (Å²) in [7, 11) is 0. The maximum atomic E-state index is 12.7. The van der Waals surface area contributed by atoms with E-state index in [4.69, 9.17) is 23.7 Å². The molecule has 0 unspecified atom stereocenters. The normalized spacial score (nSPS) is 11.6. The standard InChI is InChI=1S/C35H59NO10/c1-27(2)31(38)43-23-19-15-11-8-10-14-18-22-42-30(37)26-29(36-34(41)46-35(5,6)7)33(40)45-25-21-17-13-9-12-16-20-24-44-32(39)28(3)4/h29H,1,3,8-26H2,2,4-7H3,(H,36,41)/t29-/m0/s1. The van der Waals surface area contributed by atoms with Gasteiger partial charge in [-0.1, -0.05) is 77.4 Å². The number of carbonyl (C=O) groups excluding carboxylic acids is 5. The molecule has 46 heavy (non-hydrogen) atoms. The second-order valence-electron chi connectivity index (χ2n) is 12.6. The van der Waals surface area contributed by atoms with Crippen molar-refractivity contribution >= 4 is 30.0 Å². The SMILES string of the molecule is C=C(C)C(=O)OCCCCCCCCCOC(=O)C[C@H](NC(=O)OC(C)(C)C)C(=O)OCCCCCCCCCOC(=O)C(=C)C. The molecule has 0 aliphatic rings. The molecular formula is C35H59NO10. The first-order valence-corrected chi connectivity index (χ1v) is 16.7. The van der Waals surface area contributed by atoms with Gasteiger partial charge in [0.05, 0.1) is 32.8 Å². The van der Waals surface area contributed by atoms with Gasteiger partial charge < -0.3 is 29.0 Å². The summed E-state index contributed by atoms with van der Waals surface area (Å²) in [5.74, 6) is -2.02. The third-order valence-corrected chi connectivity index (χ3v) is 6.59. The zero-order valence-electron chi connectivity index (χ0n) is 29.0. The molecule has 0 saturated heterocycles. The van der Waals surface area contributed by atoms with Crippen LogP contribution in [0, 0.1) is 0 Å². The van der Waals surface area contributed by atoms with E-state index in [0.29, 0.717) is 37.2 Å². The van der Waals surface area contributed by atoms with Crippen LogP contribution in [-0.4, -0.2) is 68.0 Å². The van der Waals surface area contributed by atoms with Crippen molar-refractivity contribution in [1.29, 1.82) is 0 Å². The number of carbonyl (C=O) groups is 5. The van der Waals surface area contributed by atoms with Gasteiger partial charge in [-0.15, -0.1) is 0 Å². The van der Waals surface area contributed by atoms with Gasteiger partial charge in [-0.25, -0.2) is 19.2 Å². The van der Waals surface area contributed by atoms with Gasteiger partial charge in [0, 0.05) is 11.1 Å². The van der Waals surface area contributed by atoms with E-state index < -0.39 is 29.7 Å². The van der Waals surface area contributed by atoms with Gasteiger partial charge in [-0.05, 0) is 60.3 Å². The summed E-state index contributed by atoms with van der Waals surface area (Å²) in [6.07, 6.45) is 11.6. The average Bonchev–Trinajstić information content (AvgIpc) is 2.96. The third-order valence-electron chi connectivity index (χ3n) is 6.59. The van der Waals surface area contributed by atoms with E-state index in [-0.39, 0.29) is 31.6 Å². The van der Waals surface area contributed by atoms with Crippen LogP contribution in [0.25, 0.3) is 0 Å². The highest BCUT2D eigenvalue weighted by molar-refractivity contribution is 5.87. The second-order valence-corrected chi connectivity index (χ2v) is 12.6. The highest BCUT2D eigenvalue weighted by atomic mass is 16.6. The molecule has 0 heterocycles. The lowest BCUT2D eigenvalue weighted by molar-refractivity contribution is -0.152. The second kappa shape index (κ2) is 25.8. The van der Waals surface area contributed by atoms with Gasteiger partial charge in [0.2, 0.25) is 0 Å². The molecule has 0 aliphatic heterocycles. The van der Waals surface area contributed by atoms with Crippen LogP contribution in [0.2, 0.25) is 0 Å². The largest absolute Gasteiger partial charge is 0.466 e. The number of hydrogen-bond acceptors (Lipinski definition) is 10. The number of unbranched alkanes of at least 4 members (excludes halogenated alkanes) is 12. The quantitative estimate of drug-likeness (QED) is 0.0446. The van der Waals surface area contributed by atoms with Crippen LogP contribution in [0.1, 0.15) is 131 Å². The number of alkyl carbamates (subject to hydrolysis) is 1. The third kappa shape index (κ3) is 25.9. The molecule has 1 N–H and O–H groups in total. The van der Waals surface area contributed by atoms with Crippen molar-refractivity contribution in [3.05, 3.63) is 24.3 Å². The summed E-state index contributed by atoms with van der Waals surface area (Å²) < 4.78 is 26.1. The minimum atomic E-state index is -1.21. The van der Waals surface area contributed by atoms with E-state index in [1.807, 2.05) is 0 Å². The molecule has 1 atom stereocenters. The summed E-state index contributed by atoms with van der Waals surface area (Å²) in [4.78, 5) is 60.2. The van der Waals surface area contributed by atoms with Gasteiger partial charge in [0.25, 0.3) is 0 Å². The van der Waals surface area contributed by atoms with E-state index in [1.165, 1.54) is 0 Å². The number of amides is 1. The Kier molecular flexibility index (Phi) is 23.9. The number of hydrogen-bond donors (Lipinski definition) is 1. The highest BCUT2D eigenvalue weighted by Gasteiger charge is 2.28. The van der Waals surface area contributed by atoms with Crippen LogP contribution in [0.4, 0.5) is 4.79 Å². The van der Waals surface area contributed by atoms with Crippen molar-refractivity contribution < 1.29 is 47.7 Å². The van der Waals surface area contributed by atoms with Crippen molar-refractivity contribution in [3.8, 4) is 0 Å². The van der Waals surface area contributed by atoms with Crippen LogP contribution in [0.3, 0.4) is 0 Å². The molecule has 0 aromatic rings. The summed E-state index contributed by atoms with van der Waals surface area (Å²) in [6.45, 7) is 16.7. The molecule has 11 heteroatoms. The summed E-state index contributed by atoms with van der Waals surface area (Å²) in [5.41, 5.74) is 0.0292. The Labute approximate surface area is 276 Å². The molecule has 0 saturated carbocycles. The molecule has 264 valence electrons. The van der Waals surface area contributed by atoms with Crippen LogP contribution in [-0.2, 0) is 42.9 Å². The molecule has 1 amide bonds. The van der Waals surface area contributed by atoms with Crippen molar-refractivity contribution in [1.82, 2.24) is 5.32 Å². The Bertz CT molecular complexity index is 954.